The van der Waals surface area contributed by atoms with E-state index in [0.29, 0.717) is 5.82 Å². The van der Waals surface area contributed by atoms with Gasteiger partial charge >= 0.3 is 0 Å². The molecular formula is C14H11BrN2OS2. The molecule has 0 fully saturated rings. The van der Waals surface area contributed by atoms with Gasteiger partial charge in [-0.3, -0.25) is 4.79 Å². The highest BCUT2D eigenvalue weighted by molar-refractivity contribution is 9.11. The standard InChI is InChI=1S/C14H11BrN2OS2/c15-10-5-7(6-19-10)12-16-13(18)11-8-3-1-2-4-9(8)20-14(11)17-12/h5-6H,1-4H2,(H,16,17,18). The number of aryl methyl sites for hydroxylation is 2. The van der Waals surface area contributed by atoms with Gasteiger partial charge in [0.05, 0.1) is 9.17 Å². The molecule has 0 bridgehead atoms. The number of rotatable bonds is 1. The molecule has 0 unspecified atom stereocenters. The first-order valence-corrected chi connectivity index (χ1v) is 9.00. The Labute approximate surface area is 131 Å². The van der Waals surface area contributed by atoms with E-state index in [1.807, 2.05) is 11.4 Å². The number of aromatic amines is 1. The van der Waals surface area contributed by atoms with Gasteiger partial charge in [0, 0.05) is 15.8 Å². The van der Waals surface area contributed by atoms with E-state index in [2.05, 4.69) is 25.9 Å². The van der Waals surface area contributed by atoms with Crippen LogP contribution >= 0.6 is 38.6 Å². The summed E-state index contributed by atoms with van der Waals surface area (Å²) in [5.41, 5.74) is 2.21. The predicted molar refractivity (Wildman–Crippen MR) is 87.9 cm³/mol. The van der Waals surface area contributed by atoms with Crippen LogP contribution in [0.5, 0.6) is 0 Å². The fourth-order valence-electron chi connectivity index (χ4n) is 2.73. The van der Waals surface area contributed by atoms with Crippen LogP contribution in [0.3, 0.4) is 0 Å². The monoisotopic (exact) mass is 366 g/mol. The molecule has 0 saturated heterocycles. The van der Waals surface area contributed by atoms with Crippen LogP contribution < -0.4 is 5.56 Å². The molecule has 4 rings (SSSR count). The number of nitrogens with zero attached hydrogens (tertiary/aromatic N) is 1. The summed E-state index contributed by atoms with van der Waals surface area (Å²) in [7, 11) is 0. The molecule has 1 N–H and O–H groups in total. The number of H-pyrrole nitrogens is 1. The molecule has 3 aromatic rings. The second-order valence-electron chi connectivity index (χ2n) is 4.95. The number of thiophene rings is 2. The van der Waals surface area contributed by atoms with Crippen LogP contribution in [0.2, 0.25) is 0 Å². The Balaban J connectivity index is 1.97. The Morgan fingerprint density at radius 3 is 2.95 bits per heavy atom. The number of aromatic nitrogens is 2. The lowest BCUT2D eigenvalue weighted by Crippen LogP contribution is -2.10. The van der Waals surface area contributed by atoms with Crippen LogP contribution in [-0.2, 0) is 12.8 Å². The number of hydrogen-bond acceptors (Lipinski definition) is 4. The van der Waals surface area contributed by atoms with Gasteiger partial charge in [-0.15, -0.1) is 22.7 Å². The molecule has 102 valence electrons. The fraction of sp³-hybridized carbons (Fsp3) is 0.286. The van der Waals surface area contributed by atoms with Gasteiger partial charge in [0.1, 0.15) is 10.7 Å². The van der Waals surface area contributed by atoms with Gasteiger partial charge in [-0.25, -0.2) is 4.98 Å². The average molecular weight is 367 g/mol. The van der Waals surface area contributed by atoms with Crippen molar-refractivity contribution < 1.29 is 0 Å². The summed E-state index contributed by atoms with van der Waals surface area (Å²) in [4.78, 5) is 22.3. The maximum Gasteiger partial charge on any atom is 0.260 e. The zero-order chi connectivity index (χ0) is 13.7. The second-order valence-corrected chi connectivity index (χ2v) is 8.32. The van der Waals surface area contributed by atoms with Crippen LogP contribution in [0, 0.1) is 0 Å². The minimum atomic E-state index is 0.00622. The van der Waals surface area contributed by atoms with Crippen molar-refractivity contribution in [3.8, 4) is 11.4 Å². The lowest BCUT2D eigenvalue weighted by molar-refractivity contribution is 0.700. The quantitative estimate of drug-likeness (QED) is 0.695. The highest BCUT2D eigenvalue weighted by atomic mass is 79.9. The van der Waals surface area contributed by atoms with E-state index in [9.17, 15) is 4.79 Å². The van der Waals surface area contributed by atoms with Crippen LogP contribution in [0.15, 0.2) is 20.0 Å². The Morgan fingerprint density at radius 2 is 2.15 bits per heavy atom. The van der Waals surface area contributed by atoms with Crippen molar-refractivity contribution in [2.45, 2.75) is 25.7 Å². The number of halogens is 1. The highest BCUT2D eigenvalue weighted by Crippen LogP contribution is 2.34. The van der Waals surface area contributed by atoms with Crippen molar-refractivity contribution in [1.82, 2.24) is 9.97 Å². The maximum atomic E-state index is 12.4. The lowest BCUT2D eigenvalue weighted by atomic mass is 9.97. The minimum Gasteiger partial charge on any atom is -0.306 e. The topological polar surface area (TPSA) is 45.8 Å². The molecule has 6 heteroatoms. The molecule has 0 amide bonds. The summed E-state index contributed by atoms with van der Waals surface area (Å²) in [5.74, 6) is 0.669. The Kier molecular flexibility index (Phi) is 3.05. The SMILES string of the molecule is O=c1[nH]c(-c2csc(Br)c2)nc2sc3c(c12)CCCC3. The Morgan fingerprint density at radius 1 is 1.30 bits per heavy atom. The smallest absolute Gasteiger partial charge is 0.260 e. The number of nitrogens with one attached hydrogen (secondary N) is 1. The van der Waals surface area contributed by atoms with Crippen molar-refractivity contribution in [2.24, 2.45) is 0 Å². The number of fused-ring (bicyclic) bond motifs is 3. The van der Waals surface area contributed by atoms with Gasteiger partial charge in [-0.05, 0) is 53.2 Å². The summed E-state index contributed by atoms with van der Waals surface area (Å²) in [6, 6.07) is 1.99. The highest BCUT2D eigenvalue weighted by Gasteiger charge is 2.20. The van der Waals surface area contributed by atoms with Crippen molar-refractivity contribution in [2.75, 3.05) is 0 Å². The van der Waals surface area contributed by atoms with Gasteiger partial charge in [0.2, 0.25) is 0 Å². The Hall–Kier alpha value is -0.980. The van der Waals surface area contributed by atoms with E-state index in [1.54, 1.807) is 22.7 Å². The molecule has 0 saturated carbocycles. The number of hydrogen-bond donors (Lipinski definition) is 1. The molecule has 3 heterocycles. The molecule has 1 aliphatic rings. The van der Waals surface area contributed by atoms with Gasteiger partial charge in [0.15, 0.2) is 0 Å². The zero-order valence-electron chi connectivity index (χ0n) is 10.5. The minimum absolute atomic E-state index is 0.00622. The third-order valence-corrected chi connectivity index (χ3v) is 6.36. The van der Waals surface area contributed by atoms with Gasteiger partial charge in [-0.1, -0.05) is 0 Å². The van der Waals surface area contributed by atoms with E-state index in [0.717, 1.165) is 32.4 Å². The first-order chi connectivity index (χ1) is 9.72. The van der Waals surface area contributed by atoms with Crippen molar-refractivity contribution in [1.29, 1.82) is 0 Å². The normalized spacial score (nSPS) is 14.7. The summed E-state index contributed by atoms with van der Waals surface area (Å²) >= 11 is 6.73. The second kappa shape index (κ2) is 4.79. The first kappa shape index (κ1) is 12.7. The molecule has 1 aliphatic carbocycles. The average Bonchev–Trinajstić information content (AvgIpc) is 3.01. The molecule has 3 nitrogen and oxygen atoms in total. The zero-order valence-corrected chi connectivity index (χ0v) is 13.8. The molecule has 0 atom stereocenters. The fourth-order valence-corrected chi connectivity index (χ4v) is 5.14. The van der Waals surface area contributed by atoms with E-state index in [1.165, 1.54) is 23.3 Å². The van der Waals surface area contributed by atoms with Gasteiger partial charge in [0.25, 0.3) is 5.56 Å². The largest absolute Gasteiger partial charge is 0.306 e. The van der Waals surface area contributed by atoms with E-state index < -0.39 is 0 Å². The molecule has 0 aromatic carbocycles. The summed E-state index contributed by atoms with van der Waals surface area (Å²) in [5, 5.41) is 2.82. The molecule has 0 spiro atoms. The summed E-state index contributed by atoms with van der Waals surface area (Å²) < 4.78 is 1.04. The van der Waals surface area contributed by atoms with Gasteiger partial charge < -0.3 is 4.98 Å². The van der Waals surface area contributed by atoms with Crippen molar-refractivity contribution in [3.05, 3.63) is 36.0 Å². The summed E-state index contributed by atoms with van der Waals surface area (Å²) in [6.07, 6.45) is 4.51. The first-order valence-electron chi connectivity index (χ1n) is 6.51. The van der Waals surface area contributed by atoms with Crippen LogP contribution in [0.25, 0.3) is 21.6 Å². The van der Waals surface area contributed by atoms with E-state index in [-0.39, 0.29) is 5.56 Å². The molecule has 0 aliphatic heterocycles. The molecule has 20 heavy (non-hydrogen) atoms. The predicted octanol–water partition coefficient (Wildman–Crippen LogP) is 4.35. The van der Waals surface area contributed by atoms with E-state index >= 15 is 0 Å². The molecular weight excluding hydrogens is 356 g/mol. The van der Waals surface area contributed by atoms with E-state index in [4.69, 9.17) is 0 Å². The molecule has 3 aromatic heterocycles. The van der Waals surface area contributed by atoms with Crippen LogP contribution in [-0.4, -0.2) is 9.97 Å². The third-order valence-electron chi connectivity index (χ3n) is 3.67. The lowest BCUT2D eigenvalue weighted by Gasteiger charge is -2.09. The van der Waals surface area contributed by atoms with Crippen molar-refractivity contribution in [3.63, 3.8) is 0 Å². The van der Waals surface area contributed by atoms with Crippen LogP contribution in [0.4, 0.5) is 0 Å². The van der Waals surface area contributed by atoms with Crippen LogP contribution in [0.1, 0.15) is 23.3 Å². The van der Waals surface area contributed by atoms with Crippen molar-refractivity contribution >= 4 is 48.8 Å². The maximum absolute atomic E-state index is 12.4. The summed E-state index contributed by atoms with van der Waals surface area (Å²) in [6.45, 7) is 0. The Bertz CT molecular complexity index is 862. The third kappa shape index (κ3) is 1.98. The van der Waals surface area contributed by atoms with Gasteiger partial charge in [-0.2, -0.15) is 0 Å². The molecule has 0 radical (unpaired) electrons.